The maximum atomic E-state index is 5.52. The fourth-order valence-electron chi connectivity index (χ4n) is 2.53. The van der Waals surface area contributed by atoms with Gasteiger partial charge < -0.3 is 10.1 Å². The Morgan fingerprint density at radius 1 is 1.38 bits per heavy atom. The number of hydrogen-bond acceptors (Lipinski definition) is 3. The molecule has 0 aliphatic rings. The zero-order chi connectivity index (χ0) is 15.4. The third kappa shape index (κ3) is 3.23. The molecule has 1 aromatic heterocycles. The van der Waals surface area contributed by atoms with E-state index < -0.39 is 0 Å². The Bertz CT molecular complexity index is 588. The summed E-state index contributed by atoms with van der Waals surface area (Å²) in [5, 5.41) is 8.01. The Labute approximate surface area is 140 Å². The maximum absolute atomic E-state index is 5.52. The molecule has 0 bridgehead atoms. The minimum Gasteiger partial charge on any atom is -0.493 e. The van der Waals surface area contributed by atoms with Gasteiger partial charge in [-0.2, -0.15) is 5.10 Å². The van der Waals surface area contributed by atoms with Crippen LogP contribution in [0.4, 0.5) is 0 Å². The van der Waals surface area contributed by atoms with Crippen molar-refractivity contribution in [3.8, 4) is 5.75 Å². The third-order valence-corrected chi connectivity index (χ3v) is 5.05. The van der Waals surface area contributed by atoms with Crippen molar-refractivity contribution in [1.29, 1.82) is 0 Å². The van der Waals surface area contributed by atoms with Crippen molar-refractivity contribution >= 4 is 22.6 Å². The second kappa shape index (κ2) is 7.26. The monoisotopic (exact) mass is 399 g/mol. The number of nitrogens with one attached hydrogen (secondary N) is 1. The van der Waals surface area contributed by atoms with Crippen LogP contribution in [0.1, 0.15) is 36.7 Å². The second-order valence-electron chi connectivity index (χ2n) is 4.88. The molecule has 0 aliphatic carbocycles. The maximum Gasteiger partial charge on any atom is 0.161 e. The number of ether oxygens (including phenoxy) is 1. The lowest BCUT2D eigenvalue weighted by Crippen LogP contribution is -2.26. The second-order valence-corrected chi connectivity index (χ2v) is 5.96. The zero-order valence-corrected chi connectivity index (χ0v) is 15.1. The quantitative estimate of drug-likeness (QED) is 0.756. The molecular formula is C16H22IN3O. The predicted molar refractivity (Wildman–Crippen MR) is 93.9 cm³/mol. The van der Waals surface area contributed by atoms with E-state index in [4.69, 9.17) is 4.74 Å². The molecule has 21 heavy (non-hydrogen) atoms. The summed E-state index contributed by atoms with van der Waals surface area (Å²) in [7, 11) is 1.70. The van der Waals surface area contributed by atoms with E-state index in [0.717, 1.165) is 24.5 Å². The van der Waals surface area contributed by atoms with Crippen LogP contribution in [0.5, 0.6) is 5.75 Å². The van der Waals surface area contributed by atoms with Crippen molar-refractivity contribution < 1.29 is 4.74 Å². The van der Waals surface area contributed by atoms with E-state index in [-0.39, 0.29) is 6.04 Å². The SMILES string of the molecule is CCNC(c1cccc(C)c1I)c1c(OC)cnn1CC. The molecule has 1 atom stereocenters. The van der Waals surface area contributed by atoms with Crippen LogP contribution < -0.4 is 10.1 Å². The van der Waals surface area contributed by atoms with E-state index in [0.29, 0.717) is 0 Å². The van der Waals surface area contributed by atoms with Gasteiger partial charge in [-0.05, 0) is 54.1 Å². The van der Waals surface area contributed by atoms with Gasteiger partial charge >= 0.3 is 0 Å². The number of aryl methyl sites for hydroxylation is 2. The molecule has 114 valence electrons. The fraction of sp³-hybridized carbons (Fsp3) is 0.438. The number of rotatable bonds is 6. The summed E-state index contributed by atoms with van der Waals surface area (Å²) in [6.45, 7) is 8.06. The van der Waals surface area contributed by atoms with E-state index in [9.17, 15) is 0 Å². The van der Waals surface area contributed by atoms with Gasteiger partial charge in [0.2, 0.25) is 0 Å². The van der Waals surface area contributed by atoms with Crippen LogP contribution in [0, 0.1) is 10.5 Å². The minimum atomic E-state index is 0.0826. The number of nitrogens with zero attached hydrogens (tertiary/aromatic N) is 2. The van der Waals surface area contributed by atoms with E-state index in [2.05, 4.69) is 72.0 Å². The molecule has 1 unspecified atom stereocenters. The highest BCUT2D eigenvalue weighted by molar-refractivity contribution is 14.1. The molecule has 2 rings (SSSR count). The molecule has 5 heteroatoms. The van der Waals surface area contributed by atoms with E-state index in [1.165, 1.54) is 14.7 Å². The van der Waals surface area contributed by atoms with Crippen LogP contribution in [0.2, 0.25) is 0 Å². The van der Waals surface area contributed by atoms with Crippen molar-refractivity contribution in [1.82, 2.24) is 15.1 Å². The molecule has 0 aliphatic heterocycles. The van der Waals surface area contributed by atoms with Gasteiger partial charge in [0.1, 0.15) is 5.69 Å². The van der Waals surface area contributed by atoms with Gasteiger partial charge in [-0.3, -0.25) is 4.68 Å². The molecule has 0 saturated heterocycles. The first-order chi connectivity index (χ1) is 10.1. The Morgan fingerprint density at radius 2 is 2.14 bits per heavy atom. The Kier molecular flexibility index (Phi) is 5.64. The highest BCUT2D eigenvalue weighted by Crippen LogP contribution is 2.33. The highest BCUT2D eigenvalue weighted by Gasteiger charge is 2.24. The number of halogens is 1. The summed E-state index contributed by atoms with van der Waals surface area (Å²) < 4.78 is 8.81. The van der Waals surface area contributed by atoms with Crippen LogP contribution in [-0.2, 0) is 6.54 Å². The number of benzene rings is 1. The molecule has 1 N–H and O–H groups in total. The lowest BCUT2D eigenvalue weighted by Gasteiger charge is -2.22. The molecule has 1 heterocycles. The first-order valence-corrected chi connectivity index (χ1v) is 8.29. The molecule has 4 nitrogen and oxygen atoms in total. The van der Waals surface area contributed by atoms with Crippen molar-refractivity contribution in [2.24, 2.45) is 0 Å². The number of methoxy groups -OCH3 is 1. The lowest BCUT2D eigenvalue weighted by molar-refractivity contribution is 0.399. The van der Waals surface area contributed by atoms with E-state index in [1.54, 1.807) is 13.3 Å². The van der Waals surface area contributed by atoms with E-state index in [1.807, 2.05) is 4.68 Å². The topological polar surface area (TPSA) is 39.1 Å². The molecule has 0 amide bonds. The third-order valence-electron chi connectivity index (χ3n) is 3.58. The number of hydrogen-bond donors (Lipinski definition) is 1. The van der Waals surface area contributed by atoms with Gasteiger partial charge in [0, 0.05) is 10.1 Å². The smallest absolute Gasteiger partial charge is 0.161 e. The summed E-state index contributed by atoms with van der Waals surface area (Å²) >= 11 is 2.42. The Balaban J connectivity index is 2.58. The molecular weight excluding hydrogens is 377 g/mol. The van der Waals surface area contributed by atoms with Crippen molar-refractivity contribution in [3.05, 3.63) is 44.8 Å². The van der Waals surface area contributed by atoms with Crippen molar-refractivity contribution in [2.45, 2.75) is 33.4 Å². The van der Waals surface area contributed by atoms with Crippen LogP contribution in [-0.4, -0.2) is 23.4 Å². The minimum absolute atomic E-state index is 0.0826. The van der Waals surface area contributed by atoms with Crippen LogP contribution in [0.15, 0.2) is 24.4 Å². The summed E-state index contributed by atoms with van der Waals surface area (Å²) in [4.78, 5) is 0. The van der Waals surface area contributed by atoms with Crippen molar-refractivity contribution in [3.63, 3.8) is 0 Å². The van der Waals surface area contributed by atoms with Crippen LogP contribution in [0.25, 0.3) is 0 Å². The molecule has 1 aromatic carbocycles. The average molecular weight is 399 g/mol. The molecule has 0 fully saturated rings. The van der Waals surface area contributed by atoms with Crippen LogP contribution >= 0.6 is 22.6 Å². The lowest BCUT2D eigenvalue weighted by atomic mass is 10.0. The Hall–Kier alpha value is -1.08. The van der Waals surface area contributed by atoms with E-state index >= 15 is 0 Å². The van der Waals surface area contributed by atoms with Gasteiger partial charge in [-0.1, -0.05) is 25.1 Å². The molecule has 0 radical (unpaired) electrons. The summed E-state index contributed by atoms with van der Waals surface area (Å²) in [6.07, 6.45) is 1.80. The fourth-order valence-corrected chi connectivity index (χ4v) is 3.20. The number of aromatic nitrogens is 2. The summed E-state index contributed by atoms with van der Waals surface area (Å²) in [5.74, 6) is 0.833. The van der Waals surface area contributed by atoms with Gasteiger partial charge in [0.05, 0.1) is 19.3 Å². The summed E-state index contributed by atoms with van der Waals surface area (Å²) in [5.41, 5.74) is 3.65. The Morgan fingerprint density at radius 3 is 2.76 bits per heavy atom. The van der Waals surface area contributed by atoms with Crippen molar-refractivity contribution in [2.75, 3.05) is 13.7 Å². The zero-order valence-electron chi connectivity index (χ0n) is 13.0. The van der Waals surface area contributed by atoms with Gasteiger partial charge in [0.25, 0.3) is 0 Å². The normalized spacial score (nSPS) is 12.4. The predicted octanol–water partition coefficient (Wildman–Crippen LogP) is 3.52. The van der Waals surface area contributed by atoms with Gasteiger partial charge in [0.15, 0.2) is 5.75 Å². The van der Waals surface area contributed by atoms with Gasteiger partial charge in [-0.25, -0.2) is 0 Å². The largest absolute Gasteiger partial charge is 0.493 e. The molecule has 2 aromatic rings. The van der Waals surface area contributed by atoms with Gasteiger partial charge in [-0.15, -0.1) is 0 Å². The first-order valence-electron chi connectivity index (χ1n) is 7.22. The van der Waals surface area contributed by atoms with Crippen LogP contribution in [0.3, 0.4) is 0 Å². The highest BCUT2D eigenvalue weighted by atomic mass is 127. The first kappa shape index (κ1) is 16.3. The summed E-state index contributed by atoms with van der Waals surface area (Å²) in [6, 6.07) is 6.51. The molecule has 0 saturated carbocycles. The average Bonchev–Trinajstić information content (AvgIpc) is 2.90. The molecule has 0 spiro atoms. The standard InChI is InChI=1S/C16H22IN3O/c1-5-18-15(12-9-7-8-11(3)14(12)17)16-13(21-4)10-19-20(16)6-2/h7-10,15,18H,5-6H2,1-4H3.